The van der Waals surface area contributed by atoms with Gasteiger partial charge >= 0.3 is 0 Å². The molecule has 2 saturated heterocycles. The summed E-state index contributed by atoms with van der Waals surface area (Å²) in [6, 6.07) is 7.69. The van der Waals surface area contributed by atoms with Crippen LogP contribution >= 0.6 is 48.0 Å². The summed E-state index contributed by atoms with van der Waals surface area (Å²) in [6.45, 7) is 4.97. The van der Waals surface area contributed by atoms with Gasteiger partial charge in [0.05, 0.1) is 9.81 Å². The van der Waals surface area contributed by atoms with Crippen molar-refractivity contribution >= 4 is 80.6 Å². The Bertz CT molecular complexity index is 787. The zero-order chi connectivity index (χ0) is 18.8. The number of rotatable bonds is 4. The molecule has 0 aliphatic carbocycles. The second-order valence-corrected chi connectivity index (χ2v) is 8.87. The van der Waals surface area contributed by atoms with E-state index >= 15 is 0 Å². The molecule has 3 rings (SSSR count). The number of carbonyl (C=O) groups is 2. The van der Waals surface area contributed by atoms with Crippen LogP contribution in [0.4, 0.5) is 0 Å². The van der Waals surface area contributed by atoms with Crippen molar-refractivity contribution in [1.29, 1.82) is 0 Å². The molecule has 0 spiro atoms. The lowest BCUT2D eigenvalue weighted by atomic mass is 10.1. The minimum Gasteiger partial charge on any atom is -0.293 e. The highest BCUT2D eigenvalue weighted by Gasteiger charge is 2.31. The van der Waals surface area contributed by atoms with Crippen molar-refractivity contribution in [2.75, 3.05) is 13.1 Å². The fraction of sp³-hybridized carbons (Fsp3) is 0.222. The average Bonchev–Trinajstić information content (AvgIpc) is 3.04. The van der Waals surface area contributed by atoms with Crippen molar-refractivity contribution in [2.24, 2.45) is 0 Å². The quantitative estimate of drug-likeness (QED) is 0.539. The van der Waals surface area contributed by atoms with E-state index in [-0.39, 0.29) is 11.8 Å². The number of amides is 2. The van der Waals surface area contributed by atoms with E-state index in [0.29, 0.717) is 31.5 Å². The van der Waals surface area contributed by atoms with E-state index in [9.17, 15) is 9.59 Å². The Morgan fingerprint density at radius 1 is 0.808 bits per heavy atom. The molecule has 1 aromatic rings. The van der Waals surface area contributed by atoms with Gasteiger partial charge in [0, 0.05) is 13.1 Å². The minimum absolute atomic E-state index is 0.0465. The fourth-order valence-corrected chi connectivity index (χ4v) is 5.30. The topological polar surface area (TPSA) is 40.6 Å². The Kier molecular flexibility index (Phi) is 5.96. The molecule has 4 nitrogen and oxygen atoms in total. The number of thiocarbonyl (C=S) groups is 2. The first-order chi connectivity index (χ1) is 12.4. The standard InChI is InChI=1S/C18H16N2O2S4/c1-3-19-15(21)13(25-17(19)23)9-11-5-7-12(8-6-11)10-14-16(22)20(4-2)18(24)26-14/h5-10H,3-4H2,1-2H3/b13-9-,14-10+. The lowest BCUT2D eigenvalue weighted by Crippen LogP contribution is -2.27. The van der Waals surface area contributed by atoms with Crippen LogP contribution in [0.2, 0.25) is 0 Å². The summed E-state index contributed by atoms with van der Waals surface area (Å²) >= 11 is 13.1. The molecule has 2 amide bonds. The Morgan fingerprint density at radius 3 is 1.42 bits per heavy atom. The Hall–Kier alpha value is -1.48. The third kappa shape index (κ3) is 3.78. The Labute approximate surface area is 171 Å². The summed E-state index contributed by atoms with van der Waals surface area (Å²) in [4.78, 5) is 29.0. The summed E-state index contributed by atoms with van der Waals surface area (Å²) in [6.07, 6.45) is 3.69. The molecule has 8 heteroatoms. The molecule has 1 aromatic carbocycles. The Morgan fingerprint density at radius 2 is 1.15 bits per heavy atom. The maximum atomic E-state index is 12.3. The monoisotopic (exact) mass is 420 g/mol. The highest BCUT2D eigenvalue weighted by Crippen LogP contribution is 2.33. The third-order valence-corrected chi connectivity index (χ3v) is 6.67. The molecule has 0 N–H and O–H groups in total. The normalized spacial score (nSPS) is 21.0. The van der Waals surface area contributed by atoms with Crippen molar-refractivity contribution in [3.05, 3.63) is 45.2 Å². The van der Waals surface area contributed by atoms with Gasteiger partial charge in [-0.3, -0.25) is 19.4 Å². The van der Waals surface area contributed by atoms with Gasteiger partial charge in [0.15, 0.2) is 0 Å². The molecular formula is C18H16N2O2S4. The van der Waals surface area contributed by atoms with Gasteiger partial charge in [-0.25, -0.2) is 0 Å². The van der Waals surface area contributed by atoms with Crippen LogP contribution in [-0.2, 0) is 9.59 Å². The van der Waals surface area contributed by atoms with Crippen LogP contribution in [0.15, 0.2) is 34.1 Å². The van der Waals surface area contributed by atoms with Crippen LogP contribution < -0.4 is 0 Å². The van der Waals surface area contributed by atoms with Crippen molar-refractivity contribution in [3.63, 3.8) is 0 Å². The average molecular weight is 421 g/mol. The third-order valence-electron chi connectivity index (χ3n) is 3.91. The summed E-state index contributed by atoms with van der Waals surface area (Å²) in [5.41, 5.74) is 1.83. The van der Waals surface area contributed by atoms with Crippen LogP contribution in [0.1, 0.15) is 25.0 Å². The lowest BCUT2D eigenvalue weighted by molar-refractivity contribution is -0.122. The maximum Gasteiger partial charge on any atom is 0.266 e. The second kappa shape index (κ2) is 8.04. The van der Waals surface area contributed by atoms with Gasteiger partial charge in [-0.05, 0) is 37.1 Å². The molecule has 0 unspecified atom stereocenters. The zero-order valence-corrected chi connectivity index (χ0v) is 17.5. The van der Waals surface area contributed by atoms with Crippen molar-refractivity contribution < 1.29 is 9.59 Å². The highest BCUT2D eigenvalue weighted by atomic mass is 32.2. The lowest BCUT2D eigenvalue weighted by Gasteiger charge is -2.09. The molecule has 2 heterocycles. The van der Waals surface area contributed by atoms with E-state index in [1.165, 1.54) is 23.5 Å². The number of thioether (sulfide) groups is 2. The van der Waals surface area contributed by atoms with Gasteiger partial charge in [-0.1, -0.05) is 72.2 Å². The predicted molar refractivity (Wildman–Crippen MR) is 118 cm³/mol. The summed E-state index contributed by atoms with van der Waals surface area (Å²) < 4.78 is 1.19. The number of hydrogen-bond donors (Lipinski definition) is 0. The summed E-state index contributed by atoms with van der Waals surface area (Å²) in [7, 11) is 0. The Balaban J connectivity index is 1.78. The first kappa shape index (κ1) is 19.3. The van der Waals surface area contributed by atoms with Gasteiger partial charge in [0.25, 0.3) is 11.8 Å². The van der Waals surface area contributed by atoms with Gasteiger partial charge in [0.1, 0.15) is 8.64 Å². The molecule has 0 bridgehead atoms. The van der Waals surface area contributed by atoms with Crippen molar-refractivity contribution in [2.45, 2.75) is 13.8 Å². The molecule has 2 aliphatic rings. The molecule has 134 valence electrons. The van der Waals surface area contributed by atoms with Crippen molar-refractivity contribution in [3.8, 4) is 0 Å². The minimum atomic E-state index is -0.0465. The number of benzene rings is 1. The molecular weight excluding hydrogens is 404 g/mol. The SMILES string of the molecule is CCN1C(=O)/C(=C/c2ccc(/C=C3/SC(=S)N(CC)C3=O)cc2)SC1=S. The van der Waals surface area contributed by atoms with Crippen LogP contribution in [-0.4, -0.2) is 43.3 Å². The molecule has 0 radical (unpaired) electrons. The number of likely N-dealkylation sites (N-methyl/N-ethyl adjacent to an activating group) is 2. The summed E-state index contributed by atoms with van der Waals surface area (Å²) in [5, 5.41) is 0. The second-order valence-electron chi connectivity index (χ2n) is 5.52. The van der Waals surface area contributed by atoms with Gasteiger partial charge in [-0.15, -0.1) is 0 Å². The van der Waals surface area contributed by atoms with Gasteiger partial charge < -0.3 is 0 Å². The van der Waals surface area contributed by atoms with E-state index in [2.05, 4.69) is 0 Å². The van der Waals surface area contributed by atoms with E-state index in [1.807, 2.05) is 50.3 Å². The number of hydrogen-bond acceptors (Lipinski definition) is 6. The van der Waals surface area contributed by atoms with Crippen LogP contribution in [0.25, 0.3) is 12.2 Å². The smallest absolute Gasteiger partial charge is 0.266 e. The van der Waals surface area contributed by atoms with E-state index < -0.39 is 0 Å². The van der Waals surface area contributed by atoms with Gasteiger partial charge in [0.2, 0.25) is 0 Å². The molecule has 0 atom stereocenters. The molecule has 0 saturated carbocycles. The van der Waals surface area contributed by atoms with Crippen LogP contribution in [0.5, 0.6) is 0 Å². The highest BCUT2D eigenvalue weighted by molar-refractivity contribution is 8.27. The number of nitrogens with zero attached hydrogens (tertiary/aromatic N) is 2. The first-order valence-electron chi connectivity index (χ1n) is 8.05. The molecule has 2 fully saturated rings. The zero-order valence-electron chi connectivity index (χ0n) is 14.2. The van der Waals surface area contributed by atoms with Crippen LogP contribution in [0.3, 0.4) is 0 Å². The molecule has 0 aromatic heterocycles. The maximum absolute atomic E-state index is 12.3. The predicted octanol–water partition coefficient (Wildman–Crippen LogP) is 4.13. The van der Waals surface area contributed by atoms with E-state index in [1.54, 1.807) is 9.80 Å². The fourth-order valence-electron chi connectivity index (χ4n) is 2.54. The summed E-state index contributed by atoms with van der Waals surface area (Å²) in [5.74, 6) is -0.0929. The van der Waals surface area contributed by atoms with Gasteiger partial charge in [-0.2, -0.15) is 0 Å². The van der Waals surface area contributed by atoms with E-state index in [0.717, 1.165) is 11.1 Å². The number of carbonyl (C=O) groups excluding carboxylic acids is 2. The molecule has 26 heavy (non-hydrogen) atoms. The van der Waals surface area contributed by atoms with Crippen LogP contribution in [0, 0.1) is 0 Å². The molecule has 2 aliphatic heterocycles. The largest absolute Gasteiger partial charge is 0.293 e. The van der Waals surface area contributed by atoms with Crippen molar-refractivity contribution in [1.82, 2.24) is 9.80 Å². The first-order valence-corrected chi connectivity index (χ1v) is 10.5. The van der Waals surface area contributed by atoms with E-state index in [4.69, 9.17) is 24.4 Å².